The fraction of sp³-hybridized carbons (Fsp3) is 0.625. The van der Waals surface area contributed by atoms with Crippen molar-refractivity contribution in [2.75, 3.05) is 13.7 Å². The van der Waals surface area contributed by atoms with Gasteiger partial charge in [0, 0.05) is 24.7 Å². The van der Waals surface area contributed by atoms with Crippen molar-refractivity contribution in [3.8, 4) is 5.75 Å². The van der Waals surface area contributed by atoms with Crippen LogP contribution in [0.3, 0.4) is 0 Å². The molecule has 0 aromatic heterocycles. The number of hydrogen-bond donors (Lipinski definition) is 1. The quantitative estimate of drug-likeness (QED) is 0.921. The summed E-state index contributed by atoms with van der Waals surface area (Å²) in [7, 11) is 1.48. The van der Waals surface area contributed by atoms with Crippen molar-refractivity contribution in [2.45, 2.75) is 51.2 Å². The molecule has 0 spiro atoms. The van der Waals surface area contributed by atoms with Crippen LogP contribution in [-0.2, 0) is 0 Å². The molecule has 1 aromatic rings. The molecule has 1 aliphatic rings. The number of halogens is 1. The second-order valence-corrected chi connectivity index (χ2v) is 5.69. The molecule has 1 aromatic carbocycles. The maximum atomic E-state index is 13.9. The second kappa shape index (κ2) is 6.55. The number of hydrogen-bond acceptors (Lipinski definition) is 3. The Bertz CT molecular complexity index is 452. The van der Waals surface area contributed by atoms with E-state index in [0.717, 1.165) is 12.0 Å². The molecule has 1 heterocycles. The van der Waals surface area contributed by atoms with Crippen molar-refractivity contribution < 1.29 is 9.13 Å². The molecule has 0 saturated carbocycles. The maximum Gasteiger partial charge on any atom is 0.165 e. The van der Waals surface area contributed by atoms with Gasteiger partial charge in [0.2, 0.25) is 0 Å². The minimum Gasteiger partial charge on any atom is -0.494 e. The first-order valence-corrected chi connectivity index (χ1v) is 7.39. The number of benzene rings is 1. The molecular weight excluding hydrogens is 255 g/mol. The summed E-state index contributed by atoms with van der Waals surface area (Å²) in [6, 6.07) is 6.27. The molecule has 112 valence electrons. The Morgan fingerprint density at radius 3 is 2.80 bits per heavy atom. The fourth-order valence-corrected chi connectivity index (χ4v) is 3.36. The van der Waals surface area contributed by atoms with E-state index in [4.69, 9.17) is 10.5 Å². The van der Waals surface area contributed by atoms with Gasteiger partial charge in [-0.15, -0.1) is 0 Å². The number of piperidine rings is 1. The van der Waals surface area contributed by atoms with Gasteiger partial charge < -0.3 is 10.5 Å². The zero-order chi connectivity index (χ0) is 14.7. The molecule has 2 N–H and O–H groups in total. The zero-order valence-electron chi connectivity index (χ0n) is 12.6. The van der Waals surface area contributed by atoms with Crippen LogP contribution < -0.4 is 10.5 Å². The van der Waals surface area contributed by atoms with Crippen LogP contribution in [0.4, 0.5) is 4.39 Å². The molecular formula is C16H25FN2O. The van der Waals surface area contributed by atoms with Gasteiger partial charge in [-0.05, 0) is 44.4 Å². The molecule has 20 heavy (non-hydrogen) atoms. The summed E-state index contributed by atoms with van der Waals surface area (Å²) < 4.78 is 18.9. The van der Waals surface area contributed by atoms with Crippen molar-refractivity contribution in [1.82, 2.24) is 4.90 Å². The fourth-order valence-electron chi connectivity index (χ4n) is 3.36. The van der Waals surface area contributed by atoms with Gasteiger partial charge in [0.25, 0.3) is 0 Å². The van der Waals surface area contributed by atoms with E-state index in [9.17, 15) is 4.39 Å². The Morgan fingerprint density at radius 2 is 2.20 bits per heavy atom. The van der Waals surface area contributed by atoms with E-state index >= 15 is 0 Å². The van der Waals surface area contributed by atoms with E-state index in [2.05, 4.69) is 18.7 Å². The van der Waals surface area contributed by atoms with Crippen molar-refractivity contribution in [3.63, 3.8) is 0 Å². The Hall–Kier alpha value is -1.13. The summed E-state index contributed by atoms with van der Waals surface area (Å²) in [5.74, 6) is -0.00571. The Labute approximate surface area is 120 Å². The van der Waals surface area contributed by atoms with Crippen LogP contribution in [0.25, 0.3) is 0 Å². The standard InChI is InChI=1S/C16H25FN2O/c1-11-5-4-6-14(10-18)19(11)12(2)13-7-8-16(20-3)15(17)9-13/h7-9,11-12,14H,4-6,10,18H2,1-3H3. The van der Waals surface area contributed by atoms with Gasteiger partial charge in [0.1, 0.15) is 0 Å². The minimum absolute atomic E-state index is 0.166. The largest absolute Gasteiger partial charge is 0.494 e. The third-order valence-electron chi connectivity index (χ3n) is 4.47. The molecule has 0 bridgehead atoms. The average Bonchev–Trinajstić information content (AvgIpc) is 2.46. The maximum absolute atomic E-state index is 13.9. The van der Waals surface area contributed by atoms with Gasteiger partial charge in [-0.3, -0.25) is 4.90 Å². The predicted octanol–water partition coefficient (Wildman–Crippen LogP) is 3.10. The number of ether oxygens (including phenoxy) is 1. The van der Waals surface area contributed by atoms with Gasteiger partial charge >= 0.3 is 0 Å². The first kappa shape index (κ1) is 15.3. The lowest BCUT2D eigenvalue weighted by atomic mass is 9.92. The lowest BCUT2D eigenvalue weighted by molar-refractivity contribution is 0.0569. The van der Waals surface area contributed by atoms with Crippen molar-refractivity contribution in [1.29, 1.82) is 0 Å². The van der Waals surface area contributed by atoms with Crippen LogP contribution in [-0.4, -0.2) is 30.6 Å². The highest BCUT2D eigenvalue weighted by atomic mass is 19.1. The van der Waals surface area contributed by atoms with Crippen LogP contribution in [0.15, 0.2) is 18.2 Å². The molecule has 4 heteroatoms. The smallest absolute Gasteiger partial charge is 0.165 e. The molecule has 3 unspecified atom stereocenters. The number of methoxy groups -OCH3 is 1. The monoisotopic (exact) mass is 280 g/mol. The van der Waals surface area contributed by atoms with E-state index in [1.54, 1.807) is 12.1 Å². The topological polar surface area (TPSA) is 38.5 Å². The lowest BCUT2D eigenvalue weighted by Gasteiger charge is -2.44. The molecule has 3 atom stereocenters. The predicted molar refractivity (Wildman–Crippen MR) is 79.4 cm³/mol. The molecule has 1 saturated heterocycles. The summed E-state index contributed by atoms with van der Waals surface area (Å²) in [4.78, 5) is 2.44. The number of rotatable bonds is 4. The molecule has 2 rings (SSSR count). The van der Waals surface area contributed by atoms with Crippen molar-refractivity contribution in [2.24, 2.45) is 5.73 Å². The Balaban J connectivity index is 2.24. The van der Waals surface area contributed by atoms with E-state index in [1.807, 2.05) is 6.07 Å². The Kier molecular flexibility index (Phi) is 5.00. The second-order valence-electron chi connectivity index (χ2n) is 5.69. The first-order chi connectivity index (χ1) is 9.58. The number of likely N-dealkylation sites (tertiary alicyclic amines) is 1. The number of nitrogens with zero attached hydrogens (tertiary/aromatic N) is 1. The van der Waals surface area contributed by atoms with E-state index in [0.29, 0.717) is 24.4 Å². The van der Waals surface area contributed by atoms with Gasteiger partial charge in [-0.25, -0.2) is 4.39 Å². The van der Waals surface area contributed by atoms with Crippen LogP contribution >= 0.6 is 0 Å². The summed E-state index contributed by atoms with van der Waals surface area (Å²) in [6.45, 7) is 5.03. The highest BCUT2D eigenvalue weighted by molar-refractivity contribution is 5.31. The third kappa shape index (κ3) is 2.96. The highest BCUT2D eigenvalue weighted by Crippen LogP contribution is 2.33. The first-order valence-electron chi connectivity index (χ1n) is 7.39. The molecule has 0 amide bonds. The van der Waals surface area contributed by atoms with E-state index in [-0.39, 0.29) is 11.9 Å². The van der Waals surface area contributed by atoms with Crippen molar-refractivity contribution in [3.05, 3.63) is 29.6 Å². The summed E-state index contributed by atoms with van der Waals surface area (Å²) in [5, 5.41) is 0. The van der Waals surface area contributed by atoms with Crippen molar-refractivity contribution >= 4 is 0 Å². The molecule has 1 fully saturated rings. The van der Waals surface area contributed by atoms with Gasteiger partial charge in [-0.2, -0.15) is 0 Å². The van der Waals surface area contributed by atoms with E-state index in [1.165, 1.54) is 20.0 Å². The molecule has 0 radical (unpaired) electrons. The van der Waals surface area contributed by atoms with Crippen LogP contribution in [0.5, 0.6) is 5.75 Å². The molecule has 0 aliphatic carbocycles. The van der Waals surface area contributed by atoms with Crippen LogP contribution in [0, 0.1) is 5.82 Å². The highest BCUT2D eigenvalue weighted by Gasteiger charge is 2.31. The minimum atomic E-state index is -0.300. The average molecular weight is 280 g/mol. The lowest BCUT2D eigenvalue weighted by Crippen LogP contribution is -2.49. The normalized spacial score (nSPS) is 25.4. The molecule has 3 nitrogen and oxygen atoms in total. The summed E-state index contributed by atoms with van der Waals surface area (Å²) in [5.41, 5.74) is 6.89. The zero-order valence-corrected chi connectivity index (χ0v) is 12.6. The molecule has 1 aliphatic heterocycles. The van der Waals surface area contributed by atoms with Crippen LogP contribution in [0.1, 0.15) is 44.7 Å². The number of nitrogens with two attached hydrogens (primary N) is 1. The van der Waals surface area contributed by atoms with Gasteiger partial charge in [-0.1, -0.05) is 12.5 Å². The summed E-state index contributed by atoms with van der Waals surface area (Å²) >= 11 is 0. The van der Waals surface area contributed by atoms with Crippen LogP contribution in [0.2, 0.25) is 0 Å². The van der Waals surface area contributed by atoms with Gasteiger partial charge in [0.15, 0.2) is 11.6 Å². The SMILES string of the molecule is COc1ccc(C(C)N2C(C)CCCC2CN)cc1F. The Morgan fingerprint density at radius 1 is 1.45 bits per heavy atom. The van der Waals surface area contributed by atoms with E-state index < -0.39 is 0 Å². The van der Waals surface area contributed by atoms with Gasteiger partial charge in [0.05, 0.1) is 7.11 Å². The summed E-state index contributed by atoms with van der Waals surface area (Å²) in [6.07, 6.45) is 3.53. The third-order valence-corrected chi connectivity index (χ3v) is 4.47.